The number of likely N-dealkylation sites (tertiary alicyclic amines) is 1. The van der Waals surface area contributed by atoms with Crippen molar-refractivity contribution >= 4 is 11.8 Å². The number of ether oxygens (including phenoxy) is 2. The summed E-state index contributed by atoms with van der Waals surface area (Å²) in [5.74, 6) is 0.0683. The van der Waals surface area contributed by atoms with Crippen molar-refractivity contribution < 1.29 is 19.1 Å². The van der Waals surface area contributed by atoms with E-state index in [1.54, 1.807) is 7.11 Å². The van der Waals surface area contributed by atoms with Crippen molar-refractivity contribution in [3.05, 3.63) is 34.9 Å². The summed E-state index contributed by atoms with van der Waals surface area (Å²) < 4.78 is 10.6. The molecular weight excluding hydrogens is 356 g/mol. The van der Waals surface area contributed by atoms with Gasteiger partial charge in [0.25, 0.3) is 5.91 Å². The molecule has 6 nitrogen and oxygen atoms in total. The van der Waals surface area contributed by atoms with E-state index >= 15 is 0 Å². The lowest BCUT2D eigenvalue weighted by molar-refractivity contribution is -0.143. The van der Waals surface area contributed by atoms with E-state index in [0.29, 0.717) is 19.8 Å². The van der Waals surface area contributed by atoms with Gasteiger partial charge in [-0.3, -0.25) is 9.59 Å². The van der Waals surface area contributed by atoms with Crippen molar-refractivity contribution in [3.8, 4) is 0 Å². The molecule has 2 aliphatic heterocycles. The van der Waals surface area contributed by atoms with E-state index in [2.05, 4.69) is 0 Å². The van der Waals surface area contributed by atoms with Gasteiger partial charge >= 0.3 is 0 Å². The lowest BCUT2D eigenvalue weighted by Gasteiger charge is -2.44. The molecule has 1 aromatic carbocycles. The van der Waals surface area contributed by atoms with Crippen LogP contribution in [0.2, 0.25) is 0 Å². The standard InChI is InChI=1S/C22H32N2O4/c1-16-6-7-18(13-17(16)2)22(26)23-10-4-5-20(14-23)24(21(25)15-27-3)19-8-11-28-12-9-19/h6-7,13,19-20H,4-5,8-12,14-15H2,1-3H3. The third kappa shape index (κ3) is 4.73. The number of nitrogens with zero attached hydrogens (tertiary/aromatic N) is 2. The molecule has 0 spiro atoms. The predicted molar refractivity (Wildman–Crippen MR) is 107 cm³/mol. The fraction of sp³-hybridized carbons (Fsp3) is 0.636. The molecule has 1 aromatic rings. The largest absolute Gasteiger partial charge is 0.381 e. The van der Waals surface area contributed by atoms with E-state index < -0.39 is 0 Å². The maximum atomic E-state index is 13.1. The molecule has 2 aliphatic rings. The molecule has 6 heteroatoms. The lowest BCUT2D eigenvalue weighted by atomic mass is 9.97. The Bertz CT molecular complexity index is 700. The third-order valence-corrected chi connectivity index (χ3v) is 5.97. The molecule has 0 aromatic heterocycles. The molecule has 3 rings (SSSR count). The average molecular weight is 389 g/mol. The summed E-state index contributed by atoms with van der Waals surface area (Å²) in [6.45, 7) is 6.84. The minimum Gasteiger partial charge on any atom is -0.381 e. The van der Waals surface area contributed by atoms with Crippen LogP contribution in [0.3, 0.4) is 0 Å². The quantitative estimate of drug-likeness (QED) is 0.778. The molecule has 1 unspecified atom stereocenters. The summed E-state index contributed by atoms with van der Waals surface area (Å²) in [5, 5.41) is 0. The molecule has 0 radical (unpaired) electrons. The van der Waals surface area contributed by atoms with Gasteiger partial charge in [0, 0.05) is 51.1 Å². The number of hydrogen-bond donors (Lipinski definition) is 0. The molecule has 0 saturated carbocycles. The van der Waals surface area contributed by atoms with Crippen LogP contribution in [0.5, 0.6) is 0 Å². The van der Waals surface area contributed by atoms with E-state index in [-0.39, 0.29) is 30.5 Å². The highest BCUT2D eigenvalue weighted by molar-refractivity contribution is 5.94. The predicted octanol–water partition coefficient (Wildman–Crippen LogP) is 2.56. The number of carbonyl (C=O) groups is 2. The van der Waals surface area contributed by atoms with Gasteiger partial charge in [-0.15, -0.1) is 0 Å². The summed E-state index contributed by atoms with van der Waals surface area (Å²) in [5.41, 5.74) is 3.03. The van der Waals surface area contributed by atoms with Gasteiger partial charge in [0.05, 0.1) is 0 Å². The Morgan fingerprint density at radius 2 is 1.89 bits per heavy atom. The second-order valence-electron chi connectivity index (χ2n) is 7.92. The second kappa shape index (κ2) is 9.52. The van der Waals surface area contributed by atoms with Crippen LogP contribution in [0.15, 0.2) is 18.2 Å². The van der Waals surface area contributed by atoms with Gasteiger partial charge in [-0.1, -0.05) is 6.07 Å². The Hall–Kier alpha value is -1.92. The number of amides is 2. The van der Waals surface area contributed by atoms with Crippen LogP contribution < -0.4 is 0 Å². The zero-order chi connectivity index (χ0) is 20.1. The van der Waals surface area contributed by atoms with Gasteiger partial charge in [-0.05, 0) is 62.8 Å². The van der Waals surface area contributed by atoms with Crippen molar-refractivity contribution in [1.29, 1.82) is 0 Å². The Kier molecular flexibility index (Phi) is 7.08. The van der Waals surface area contributed by atoms with E-state index in [9.17, 15) is 9.59 Å². The number of methoxy groups -OCH3 is 1. The fourth-order valence-corrected chi connectivity index (χ4v) is 4.29. The van der Waals surface area contributed by atoms with Crippen molar-refractivity contribution in [2.45, 2.75) is 51.6 Å². The summed E-state index contributed by atoms with van der Waals surface area (Å²) in [7, 11) is 1.55. The number of carbonyl (C=O) groups excluding carboxylic acids is 2. The van der Waals surface area contributed by atoms with Crippen LogP contribution in [-0.4, -0.2) is 73.7 Å². The number of piperidine rings is 1. The van der Waals surface area contributed by atoms with Crippen molar-refractivity contribution in [3.63, 3.8) is 0 Å². The first-order valence-electron chi connectivity index (χ1n) is 10.3. The molecule has 0 bridgehead atoms. The molecular formula is C22H32N2O4. The lowest BCUT2D eigenvalue weighted by Crippen LogP contribution is -2.56. The first kappa shape index (κ1) is 20.8. The highest BCUT2D eigenvalue weighted by Gasteiger charge is 2.35. The van der Waals surface area contributed by atoms with E-state index in [0.717, 1.165) is 43.4 Å². The van der Waals surface area contributed by atoms with Gasteiger partial charge in [0.2, 0.25) is 5.91 Å². The van der Waals surface area contributed by atoms with E-state index in [1.165, 1.54) is 5.56 Å². The highest BCUT2D eigenvalue weighted by Crippen LogP contribution is 2.25. The van der Waals surface area contributed by atoms with Crippen molar-refractivity contribution in [2.24, 2.45) is 0 Å². The Morgan fingerprint density at radius 3 is 2.57 bits per heavy atom. The van der Waals surface area contributed by atoms with Gasteiger partial charge in [-0.2, -0.15) is 0 Å². The molecule has 154 valence electrons. The summed E-state index contributed by atoms with van der Waals surface area (Å²) in [6.07, 6.45) is 3.51. The van der Waals surface area contributed by atoms with Gasteiger partial charge in [0.15, 0.2) is 0 Å². The molecule has 2 heterocycles. The summed E-state index contributed by atoms with van der Waals surface area (Å²) in [4.78, 5) is 29.8. The topological polar surface area (TPSA) is 59.1 Å². The van der Waals surface area contributed by atoms with Gasteiger partial charge in [0.1, 0.15) is 6.61 Å². The smallest absolute Gasteiger partial charge is 0.253 e. The number of hydrogen-bond acceptors (Lipinski definition) is 4. The molecule has 2 saturated heterocycles. The number of aryl methyl sites for hydroxylation is 2. The fourth-order valence-electron chi connectivity index (χ4n) is 4.29. The Labute approximate surface area is 167 Å². The van der Waals surface area contributed by atoms with Crippen LogP contribution in [0.1, 0.15) is 47.2 Å². The first-order chi connectivity index (χ1) is 13.5. The van der Waals surface area contributed by atoms with Crippen LogP contribution in [0.4, 0.5) is 0 Å². The monoisotopic (exact) mass is 388 g/mol. The Balaban J connectivity index is 1.75. The van der Waals surface area contributed by atoms with Crippen LogP contribution >= 0.6 is 0 Å². The molecule has 2 amide bonds. The van der Waals surface area contributed by atoms with Crippen molar-refractivity contribution in [2.75, 3.05) is 40.0 Å². The average Bonchev–Trinajstić information content (AvgIpc) is 2.71. The number of rotatable bonds is 5. The van der Waals surface area contributed by atoms with E-state index in [1.807, 2.05) is 41.8 Å². The summed E-state index contributed by atoms with van der Waals surface area (Å²) >= 11 is 0. The second-order valence-corrected chi connectivity index (χ2v) is 7.92. The van der Waals surface area contributed by atoms with Crippen molar-refractivity contribution in [1.82, 2.24) is 9.80 Å². The Morgan fingerprint density at radius 1 is 1.14 bits per heavy atom. The van der Waals surface area contributed by atoms with Crippen LogP contribution in [-0.2, 0) is 14.3 Å². The van der Waals surface area contributed by atoms with Gasteiger partial charge < -0.3 is 19.3 Å². The molecule has 0 N–H and O–H groups in total. The molecule has 2 fully saturated rings. The normalized spacial score (nSPS) is 20.8. The zero-order valence-electron chi connectivity index (χ0n) is 17.3. The highest BCUT2D eigenvalue weighted by atomic mass is 16.5. The minimum atomic E-state index is 0.0138. The molecule has 28 heavy (non-hydrogen) atoms. The van der Waals surface area contributed by atoms with Crippen LogP contribution in [0.25, 0.3) is 0 Å². The molecule has 0 aliphatic carbocycles. The number of benzene rings is 1. The first-order valence-corrected chi connectivity index (χ1v) is 10.3. The van der Waals surface area contributed by atoms with E-state index in [4.69, 9.17) is 9.47 Å². The third-order valence-electron chi connectivity index (χ3n) is 5.97. The zero-order valence-corrected chi connectivity index (χ0v) is 17.3. The van der Waals surface area contributed by atoms with Crippen LogP contribution in [0, 0.1) is 13.8 Å². The molecule has 1 atom stereocenters. The minimum absolute atomic E-state index is 0.0138. The maximum Gasteiger partial charge on any atom is 0.253 e. The van der Waals surface area contributed by atoms with Gasteiger partial charge in [-0.25, -0.2) is 0 Å². The summed E-state index contributed by atoms with van der Waals surface area (Å²) in [6, 6.07) is 6.07. The maximum absolute atomic E-state index is 13.1. The SMILES string of the molecule is COCC(=O)N(C1CCOCC1)C1CCCN(C(=O)c2ccc(C)c(C)c2)C1.